The molecule has 1 saturated heterocycles. The van der Waals surface area contributed by atoms with Crippen LogP contribution in [0.5, 0.6) is 0 Å². The van der Waals surface area contributed by atoms with Gasteiger partial charge in [0.25, 0.3) is 5.56 Å². The summed E-state index contributed by atoms with van der Waals surface area (Å²) in [6.07, 6.45) is -2.99. The van der Waals surface area contributed by atoms with E-state index >= 15 is 0 Å². The number of nitrogen functional groups attached to an aromatic ring is 1. The molecule has 0 radical (unpaired) electrons. The number of nitrogens with one attached hydrogen (secondary N) is 1. The van der Waals surface area contributed by atoms with E-state index in [9.17, 15) is 20.1 Å². The van der Waals surface area contributed by atoms with Crippen LogP contribution in [0.3, 0.4) is 0 Å². The van der Waals surface area contributed by atoms with E-state index in [0.29, 0.717) is 10.9 Å². The standard InChI is InChI=1S/C13H17N5O5S/c1-2-3-24-13-15-6-9(16-12(14)17-10(6)22)18(13)11-8(21)7(20)5(4-19)23-11/h2,5,7-8,11,19-21H,1,3-4H2,(H3,14,16,17,22)/t5-,7?,8?,11-/m1/s1. The van der Waals surface area contributed by atoms with Gasteiger partial charge in [0.15, 0.2) is 22.5 Å². The molecule has 2 aromatic rings. The van der Waals surface area contributed by atoms with Gasteiger partial charge in [0.2, 0.25) is 5.95 Å². The van der Waals surface area contributed by atoms with E-state index in [2.05, 4.69) is 21.5 Å². The lowest BCUT2D eigenvalue weighted by Gasteiger charge is -2.18. The van der Waals surface area contributed by atoms with Gasteiger partial charge < -0.3 is 25.8 Å². The van der Waals surface area contributed by atoms with Crippen molar-refractivity contribution >= 4 is 28.9 Å². The number of anilines is 1. The number of imidazole rings is 1. The minimum Gasteiger partial charge on any atom is -0.394 e. The summed E-state index contributed by atoms with van der Waals surface area (Å²) in [6.45, 7) is 3.16. The molecule has 6 N–H and O–H groups in total. The third kappa shape index (κ3) is 2.70. The number of rotatable bonds is 5. The first-order chi connectivity index (χ1) is 11.5. The molecule has 2 unspecified atom stereocenters. The Morgan fingerprint density at radius 3 is 2.79 bits per heavy atom. The van der Waals surface area contributed by atoms with Crippen LogP contribution in [-0.4, -0.2) is 65.5 Å². The molecule has 3 heterocycles. The summed E-state index contributed by atoms with van der Waals surface area (Å²) in [6, 6.07) is 0. The summed E-state index contributed by atoms with van der Waals surface area (Å²) >= 11 is 1.25. The Hall–Kier alpha value is -1.92. The Labute approximate surface area is 140 Å². The molecule has 4 atom stereocenters. The number of hydrogen-bond donors (Lipinski definition) is 5. The summed E-state index contributed by atoms with van der Waals surface area (Å²) in [5, 5.41) is 29.8. The van der Waals surface area contributed by atoms with Gasteiger partial charge in [0, 0.05) is 5.75 Å². The van der Waals surface area contributed by atoms with Crippen molar-refractivity contribution in [2.24, 2.45) is 0 Å². The minimum absolute atomic E-state index is 0.0356. The molecule has 0 aromatic carbocycles. The molecule has 1 aliphatic heterocycles. The van der Waals surface area contributed by atoms with E-state index in [1.807, 2.05) is 0 Å². The Morgan fingerprint density at radius 1 is 1.42 bits per heavy atom. The Balaban J connectivity index is 2.17. The van der Waals surface area contributed by atoms with E-state index in [0.717, 1.165) is 0 Å². The summed E-state index contributed by atoms with van der Waals surface area (Å²) in [7, 11) is 0. The second-order valence-corrected chi connectivity index (χ2v) is 6.20. The number of ether oxygens (including phenoxy) is 1. The molecule has 0 amide bonds. The first kappa shape index (κ1) is 16.9. The molecule has 2 aromatic heterocycles. The van der Waals surface area contributed by atoms with Gasteiger partial charge in [0.05, 0.1) is 6.61 Å². The van der Waals surface area contributed by atoms with Crippen molar-refractivity contribution in [3.63, 3.8) is 0 Å². The molecule has 24 heavy (non-hydrogen) atoms. The van der Waals surface area contributed by atoms with Crippen LogP contribution in [-0.2, 0) is 4.74 Å². The van der Waals surface area contributed by atoms with E-state index in [-0.39, 0.29) is 17.1 Å². The summed E-state index contributed by atoms with van der Waals surface area (Å²) in [5.41, 5.74) is 5.23. The lowest BCUT2D eigenvalue weighted by atomic mass is 10.1. The lowest BCUT2D eigenvalue weighted by Crippen LogP contribution is -2.33. The van der Waals surface area contributed by atoms with Crippen molar-refractivity contribution in [2.75, 3.05) is 18.1 Å². The zero-order chi connectivity index (χ0) is 17.4. The second kappa shape index (κ2) is 6.53. The number of aliphatic hydroxyl groups is 3. The first-order valence-electron chi connectivity index (χ1n) is 7.11. The highest BCUT2D eigenvalue weighted by atomic mass is 32.2. The summed E-state index contributed by atoms with van der Waals surface area (Å²) in [4.78, 5) is 22.7. The smallest absolute Gasteiger partial charge is 0.280 e. The van der Waals surface area contributed by atoms with Crippen LogP contribution in [0, 0.1) is 0 Å². The van der Waals surface area contributed by atoms with E-state index < -0.39 is 36.7 Å². The average molecular weight is 355 g/mol. The number of nitrogens with two attached hydrogens (primary N) is 1. The van der Waals surface area contributed by atoms with Crippen LogP contribution in [0.2, 0.25) is 0 Å². The van der Waals surface area contributed by atoms with Crippen molar-refractivity contribution in [3.8, 4) is 0 Å². The normalized spacial score (nSPS) is 27.0. The minimum atomic E-state index is -1.33. The highest BCUT2D eigenvalue weighted by Crippen LogP contribution is 2.35. The zero-order valence-electron chi connectivity index (χ0n) is 12.5. The number of aliphatic hydroxyl groups excluding tert-OH is 3. The monoisotopic (exact) mass is 355 g/mol. The molecular formula is C13H17N5O5S. The number of nitrogens with zero attached hydrogens (tertiary/aromatic N) is 3. The highest BCUT2D eigenvalue weighted by Gasteiger charge is 2.45. The van der Waals surface area contributed by atoms with Crippen molar-refractivity contribution in [3.05, 3.63) is 23.0 Å². The fourth-order valence-electron chi connectivity index (χ4n) is 2.54. The molecule has 10 nitrogen and oxygen atoms in total. The Bertz CT molecular complexity index is 821. The van der Waals surface area contributed by atoms with Gasteiger partial charge in [-0.15, -0.1) is 6.58 Å². The van der Waals surface area contributed by atoms with E-state index in [4.69, 9.17) is 10.5 Å². The third-order valence-electron chi connectivity index (χ3n) is 3.64. The van der Waals surface area contributed by atoms with Crippen LogP contribution in [0.15, 0.2) is 22.6 Å². The number of H-pyrrole nitrogens is 1. The van der Waals surface area contributed by atoms with Gasteiger partial charge in [-0.25, -0.2) is 4.98 Å². The van der Waals surface area contributed by atoms with Crippen molar-refractivity contribution in [2.45, 2.75) is 29.7 Å². The molecule has 130 valence electrons. The molecule has 1 aliphatic rings. The number of aromatic amines is 1. The highest BCUT2D eigenvalue weighted by molar-refractivity contribution is 7.99. The fraction of sp³-hybridized carbons (Fsp3) is 0.462. The lowest BCUT2D eigenvalue weighted by molar-refractivity contribution is -0.0548. The number of thioether (sulfide) groups is 1. The number of hydrogen-bond acceptors (Lipinski definition) is 9. The zero-order valence-corrected chi connectivity index (χ0v) is 13.3. The predicted molar refractivity (Wildman–Crippen MR) is 86.5 cm³/mol. The van der Waals surface area contributed by atoms with Crippen molar-refractivity contribution in [1.29, 1.82) is 0 Å². The van der Waals surface area contributed by atoms with Gasteiger partial charge >= 0.3 is 0 Å². The molecule has 0 aliphatic carbocycles. The molecule has 0 spiro atoms. The third-order valence-corrected chi connectivity index (χ3v) is 4.59. The Kier molecular flexibility index (Phi) is 4.60. The first-order valence-corrected chi connectivity index (χ1v) is 8.10. The maximum Gasteiger partial charge on any atom is 0.280 e. The van der Waals surface area contributed by atoms with Crippen LogP contribution in [0.1, 0.15) is 6.23 Å². The van der Waals surface area contributed by atoms with Crippen LogP contribution in [0.4, 0.5) is 5.95 Å². The summed E-state index contributed by atoms with van der Waals surface area (Å²) < 4.78 is 6.93. The summed E-state index contributed by atoms with van der Waals surface area (Å²) in [5.74, 6) is 0.381. The quantitative estimate of drug-likeness (QED) is 0.321. The maximum atomic E-state index is 12.0. The van der Waals surface area contributed by atoms with Crippen LogP contribution < -0.4 is 11.3 Å². The SMILES string of the molecule is C=CCSc1nc2c(=O)[nH]c(N)nc2n1[C@@H]1O[C@H](CO)C(O)C1O. The topological polar surface area (TPSA) is 160 Å². The van der Waals surface area contributed by atoms with E-state index in [1.165, 1.54) is 16.3 Å². The number of fused-ring (bicyclic) bond motifs is 1. The van der Waals surface area contributed by atoms with E-state index in [1.54, 1.807) is 6.08 Å². The van der Waals surface area contributed by atoms with Gasteiger partial charge in [0.1, 0.15) is 18.3 Å². The average Bonchev–Trinajstić information content (AvgIpc) is 3.04. The van der Waals surface area contributed by atoms with Gasteiger partial charge in [-0.1, -0.05) is 17.8 Å². The molecular weight excluding hydrogens is 338 g/mol. The van der Waals surface area contributed by atoms with Gasteiger partial charge in [-0.05, 0) is 0 Å². The van der Waals surface area contributed by atoms with Crippen molar-refractivity contribution in [1.82, 2.24) is 19.5 Å². The molecule has 11 heteroatoms. The van der Waals surface area contributed by atoms with Gasteiger partial charge in [-0.3, -0.25) is 14.3 Å². The molecule has 1 fully saturated rings. The second-order valence-electron chi connectivity index (χ2n) is 5.22. The fourth-order valence-corrected chi connectivity index (χ4v) is 3.29. The molecule has 3 rings (SSSR count). The Morgan fingerprint density at radius 2 is 2.17 bits per heavy atom. The largest absolute Gasteiger partial charge is 0.394 e. The predicted octanol–water partition coefficient (Wildman–Crippen LogP) is -1.41. The maximum absolute atomic E-state index is 12.0. The number of aromatic nitrogens is 4. The van der Waals surface area contributed by atoms with Crippen LogP contribution in [0.25, 0.3) is 11.2 Å². The van der Waals surface area contributed by atoms with Crippen molar-refractivity contribution < 1.29 is 20.1 Å². The molecule has 0 saturated carbocycles. The van der Waals surface area contributed by atoms with Crippen LogP contribution >= 0.6 is 11.8 Å². The molecule has 0 bridgehead atoms. The van der Waals surface area contributed by atoms with Gasteiger partial charge in [-0.2, -0.15) is 4.98 Å².